The molecule has 0 saturated carbocycles. The van der Waals surface area contributed by atoms with Crippen molar-refractivity contribution >= 4 is 5.91 Å². The fraction of sp³-hybridized carbons (Fsp3) is 0.929. The summed E-state index contributed by atoms with van der Waals surface area (Å²) in [6, 6.07) is -1.21. The van der Waals surface area contributed by atoms with Crippen molar-refractivity contribution in [1.82, 2.24) is 5.32 Å². The molecule has 2 saturated heterocycles. The Morgan fingerprint density at radius 1 is 0.960 bits per heavy atom. The van der Waals surface area contributed by atoms with Gasteiger partial charge >= 0.3 is 0 Å². The van der Waals surface area contributed by atoms with E-state index in [9.17, 15) is 35.4 Å². The number of hydrogen-bond acceptors (Lipinski definition) is 10. The number of rotatable bonds is 4. The fourth-order valence-corrected chi connectivity index (χ4v) is 2.82. The van der Waals surface area contributed by atoms with Crippen molar-refractivity contribution in [3.63, 3.8) is 0 Å². The van der Waals surface area contributed by atoms with E-state index >= 15 is 0 Å². The lowest BCUT2D eigenvalue weighted by Gasteiger charge is -2.42. The third-order valence-corrected chi connectivity index (χ3v) is 4.32. The molecule has 25 heavy (non-hydrogen) atoms. The Hall–Kier alpha value is -0.890. The standard InChI is InChI=1S/C14H25NO10/c1-4-8(17)11(20)12(21)14(24-4)23-3-6-9(18)10(19)7(13(22)25-6)15-5(2)16/h4,6-14,17-22H,3H2,1-2H3,(H,15,16)/t4-,6+,7+,8+,9+,10+,11+,12-,13+,14-/m0/s1. The van der Waals surface area contributed by atoms with Crippen molar-refractivity contribution < 1.29 is 49.6 Å². The van der Waals surface area contributed by atoms with E-state index in [2.05, 4.69) is 5.32 Å². The van der Waals surface area contributed by atoms with Crippen molar-refractivity contribution in [1.29, 1.82) is 0 Å². The van der Waals surface area contributed by atoms with Gasteiger partial charge in [0.25, 0.3) is 0 Å². The van der Waals surface area contributed by atoms with Gasteiger partial charge in [-0.05, 0) is 6.92 Å². The number of amides is 1. The average Bonchev–Trinajstić information content (AvgIpc) is 2.55. The van der Waals surface area contributed by atoms with Crippen molar-refractivity contribution in [2.24, 2.45) is 0 Å². The lowest BCUT2D eigenvalue weighted by atomic mass is 9.97. The summed E-state index contributed by atoms with van der Waals surface area (Å²) in [5, 5.41) is 61.4. The second-order valence-electron chi connectivity index (χ2n) is 6.29. The highest BCUT2D eigenvalue weighted by Crippen LogP contribution is 2.24. The summed E-state index contributed by atoms with van der Waals surface area (Å²) in [6.07, 6.45) is -12.2. The number of carbonyl (C=O) groups is 1. The lowest BCUT2D eigenvalue weighted by molar-refractivity contribution is -0.313. The first kappa shape index (κ1) is 20.4. The highest BCUT2D eigenvalue weighted by Gasteiger charge is 2.46. The normalized spacial score (nSPS) is 48.2. The van der Waals surface area contributed by atoms with Gasteiger partial charge in [0.05, 0.1) is 12.7 Å². The zero-order valence-electron chi connectivity index (χ0n) is 13.8. The molecule has 7 N–H and O–H groups in total. The first-order chi connectivity index (χ1) is 11.6. The van der Waals surface area contributed by atoms with Crippen LogP contribution >= 0.6 is 0 Å². The summed E-state index contributed by atoms with van der Waals surface area (Å²) in [6.45, 7) is 2.27. The van der Waals surface area contributed by atoms with Crippen LogP contribution in [0.15, 0.2) is 0 Å². The molecule has 2 fully saturated rings. The Morgan fingerprint density at radius 2 is 1.60 bits per heavy atom. The predicted octanol–water partition coefficient (Wildman–Crippen LogP) is -4.23. The van der Waals surface area contributed by atoms with Crippen LogP contribution in [0, 0.1) is 0 Å². The van der Waals surface area contributed by atoms with Gasteiger partial charge in [-0.1, -0.05) is 0 Å². The number of aliphatic hydroxyl groups is 6. The van der Waals surface area contributed by atoms with Gasteiger partial charge < -0.3 is 50.2 Å². The third-order valence-electron chi connectivity index (χ3n) is 4.32. The largest absolute Gasteiger partial charge is 0.388 e. The molecule has 1 amide bonds. The van der Waals surface area contributed by atoms with Crippen LogP contribution in [-0.2, 0) is 19.0 Å². The Morgan fingerprint density at radius 3 is 2.20 bits per heavy atom. The van der Waals surface area contributed by atoms with Crippen LogP contribution in [0.4, 0.5) is 0 Å². The maximum atomic E-state index is 11.1. The van der Waals surface area contributed by atoms with E-state index in [0.717, 1.165) is 0 Å². The second-order valence-corrected chi connectivity index (χ2v) is 6.29. The van der Waals surface area contributed by atoms with Crippen LogP contribution in [0.5, 0.6) is 0 Å². The quantitative estimate of drug-likeness (QED) is 0.257. The van der Waals surface area contributed by atoms with E-state index in [1.165, 1.54) is 13.8 Å². The minimum atomic E-state index is -1.58. The minimum Gasteiger partial charge on any atom is -0.388 e. The van der Waals surface area contributed by atoms with E-state index in [1.54, 1.807) is 0 Å². The smallest absolute Gasteiger partial charge is 0.217 e. The van der Waals surface area contributed by atoms with Crippen LogP contribution in [0.2, 0.25) is 0 Å². The topological polar surface area (TPSA) is 178 Å². The van der Waals surface area contributed by atoms with E-state index in [1.807, 2.05) is 0 Å². The monoisotopic (exact) mass is 367 g/mol. The summed E-state index contributed by atoms with van der Waals surface area (Å²) in [4.78, 5) is 11.1. The molecule has 2 aliphatic heterocycles. The molecule has 0 aromatic carbocycles. The molecule has 146 valence electrons. The molecule has 11 heteroatoms. The molecule has 0 radical (unpaired) electrons. The summed E-state index contributed by atoms with van der Waals surface area (Å²) in [7, 11) is 0. The van der Waals surface area contributed by atoms with Crippen LogP contribution in [0.25, 0.3) is 0 Å². The van der Waals surface area contributed by atoms with Gasteiger partial charge in [0.2, 0.25) is 5.91 Å². The molecule has 0 aromatic heterocycles. The Kier molecular flexibility index (Phi) is 6.70. The van der Waals surface area contributed by atoms with Gasteiger partial charge in [0.15, 0.2) is 12.6 Å². The summed E-state index contributed by atoms with van der Waals surface area (Å²) < 4.78 is 15.6. The molecular formula is C14H25NO10. The van der Waals surface area contributed by atoms with E-state index in [0.29, 0.717) is 0 Å². The van der Waals surface area contributed by atoms with Gasteiger partial charge in [-0.2, -0.15) is 0 Å². The van der Waals surface area contributed by atoms with Crippen LogP contribution in [0.1, 0.15) is 13.8 Å². The summed E-state index contributed by atoms with van der Waals surface area (Å²) >= 11 is 0. The van der Waals surface area contributed by atoms with E-state index in [4.69, 9.17) is 14.2 Å². The minimum absolute atomic E-state index is 0.390. The zero-order chi connectivity index (χ0) is 18.9. The fourth-order valence-electron chi connectivity index (χ4n) is 2.82. The van der Waals surface area contributed by atoms with Crippen molar-refractivity contribution in [3.05, 3.63) is 0 Å². The molecule has 0 bridgehead atoms. The zero-order valence-corrected chi connectivity index (χ0v) is 13.8. The molecule has 2 rings (SSSR count). The second kappa shape index (κ2) is 8.20. The summed E-state index contributed by atoms with van der Waals surface area (Å²) in [5.41, 5.74) is 0. The highest BCUT2D eigenvalue weighted by atomic mass is 16.7. The Balaban J connectivity index is 1.94. The van der Waals surface area contributed by atoms with Gasteiger partial charge in [0.1, 0.15) is 42.7 Å². The lowest BCUT2D eigenvalue weighted by Crippen LogP contribution is -2.64. The first-order valence-corrected chi connectivity index (χ1v) is 7.91. The highest BCUT2D eigenvalue weighted by molar-refractivity contribution is 5.73. The van der Waals surface area contributed by atoms with E-state index < -0.39 is 67.3 Å². The number of aliphatic hydroxyl groups excluding tert-OH is 6. The number of carbonyl (C=O) groups excluding carboxylic acids is 1. The summed E-state index contributed by atoms with van der Waals surface area (Å²) in [5.74, 6) is -0.520. The SMILES string of the molecule is CC(=O)N[C@@H]1[C@@H](O)[C@H](O)[C@@H](CO[C@H]2O[C@@H](C)[C@@H](O)[C@@H](O)[C@@H]2O)O[C@H]1O. The molecular weight excluding hydrogens is 342 g/mol. The van der Waals surface area contributed by atoms with E-state index in [-0.39, 0.29) is 6.61 Å². The molecule has 0 aromatic rings. The molecule has 2 heterocycles. The van der Waals surface area contributed by atoms with Crippen molar-refractivity contribution in [3.8, 4) is 0 Å². The van der Waals surface area contributed by atoms with Crippen LogP contribution in [-0.4, -0.2) is 105 Å². The Labute approximate surface area is 143 Å². The van der Waals surface area contributed by atoms with Gasteiger partial charge in [-0.25, -0.2) is 0 Å². The van der Waals surface area contributed by atoms with Gasteiger partial charge in [-0.15, -0.1) is 0 Å². The third kappa shape index (κ3) is 4.45. The average molecular weight is 367 g/mol. The van der Waals surface area contributed by atoms with Crippen molar-refractivity contribution in [2.45, 2.75) is 75.2 Å². The Bertz CT molecular complexity index is 465. The predicted molar refractivity (Wildman–Crippen MR) is 78.8 cm³/mol. The van der Waals surface area contributed by atoms with Crippen LogP contribution in [0.3, 0.4) is 0 Å². The first-order valence-electron chi connectivity index (χ1n) is 7.91. The molecule has 0 aliphatic carbocycles. The molecule has 0 unspecified atom stereocenters. The molecule has 2 aliphatic rings. The molecule has 11 nitrogen and oxygen atoms in total. The van der Waals surface area contributed by atoms with Crippen molar-refractivity contribution in [2.75, 3.05) is 6.61 Å². The number of ether oxygens (including phenoxy) is 3. The maximum absolute atomic E-state index is 11.1. The van der Waals surface area contributed by atoms with Crippen LogP contribution < -0.4 is 5.32 Å². The number of hydrogen-bond donors (Lipinski definition) is 7. The number of nitrogens with one attached hydrogen (secondary N) is 1. The van der Waals surface area contributed by atoms with Gasteiger partial charge in [0, 0.05) is 6.92 Å². The van der Waals surface area contributed by atoms with Gasteiger partial charge in [-0.3, -0.25) is 4.79 Å². The molecule has 10 atom stereocenters. The molecule has 0 spiro atoms. The maximum Gasteiger partial charge on any atom is 0.217 e.